The summed E-state index contributed by atoms with van der Waals surface area (Å²) in [6, 6.07) is 1.37. The van der Waals surface area contributed by atoms with Crippen LogP contribution in [0.4, 0.5) is 9.52 Å². The minimum atomic E-state index is -0.509. The third kappa shape index (κ3) is 1.02. The van der Waals surface area contributed by atoms with Crippen molar-refractivity contribution in [3.05, 3.63) is 17.6 Å². The van der Waals surface area contributed by atoms with Crippen molar-refractivity contribution >= 4 is 26.8 Å². The molecule has 62 valence electrons. The van der Waals surface area contributed by atoms with Gasteiger partial charge < -0.3 is 5.73 Å². The Hall–Kier alpha value is -1.23. The summed E-state index contributed by atoms with van der Waals surface area (Å²) in [5.74, 6) is -0.509. The molecule has 2 aromatic heterocycles. The SMILES string of the molecule is Cc1cc(F)nc2nc(N)sc12. The smallest absolute Gasteiger partial charge is 0.215 e. The molecule has 0 saturated heterocycles. The van der Waals surface area contributed by atoms with Crippen molar-refractivity contribution in [2.24, 2.45) is 0 Å². The molecule has 2 aromatic rings. The van der Waals surface area contributed by atoms with E-state index in [2.05, 4.69) is 9.97 Å². The summed E-state index contributed by atoms with van der Waals surface area (Å²) in [6.07, 6.45) is 0. The zero-order valence-corrected chi connectivity index (χ0v) is 7.15. The van der Waals surface area contributed by atoms with Gasteiger partial charge in [0.2, 0.25) is 5.95 Å². The Bertz CT molecular complexity index is 437. The molecule has 12 heavy (non-hydrogen) atoms. The fourth-order valence-corrected chi connectivity index (χ4v) is 1.78. The number of aryl methyl sites for hydroxylation is 1. The van der Waals surface area contributed by atoms with Gasteiger partial charge in [0.05, 0.1) is 4.70 Å². The fraction of sp³-hybridized carbons (Fsp3) is 0.143. The van der Waals surface area contributed by atoms with Crippen LogP contribution in [0.15, 0.2) is 6.07 Å². The van der Waals surface area contributed by atoms with Crippen molar-refractivity contribution in [2.45, 2.75) is 6.92 Å². The van der Waals surface area contributed by atoms with E-state index >= 15 is 0 Å². The Labute approximate surface area is 72.1 Å². The second kappa shape index (κ2) is 2.38. The molecule has 3 nitrogen and oxygen atoms in total. The Morgan fingerprint density at radius 2 is 2.25 bits per heavy atom. The normalized spacial score (nSPS) is 10.8. The zero-order chi connectivity index (χ0) is 8.72. The maximum absolute atomic E-state index is 12.7. The highest BCUT2D eigenvalue weighted by Crippen LogP contribution is 2.25. The molecule has 0 aromatic carbocycles. The molecule has 0 amide bonds. The summed E-state index contributed by atoms with van der Waals surface area (Å²) in [6.45, 7) is 1.81. The van der Waals surface area contributed by atoms with Crippen LogP contribution in [-0.2, 0) is 0 Å². The van der Waals surface area contributed by atoms with Gasteiger partial charge in [-0.3, -0.25) is 0 Å². The van der Waals surface area contributed by atoms with Gasteiger partial charge in [-0.2, -0.15) is 9.37 Å². The molecule has 2 N–H and O–H groups in total. The standard InChI is InChI=1S/C7H6FN3S/c1-3-2-4(8)10-6-5(3)12-7(9)11-6/h2H,1H3,(H2,9,10,11). The van der Waals surface area contributed by atoms with E-state index in [0.29, 0.717) is 10.8 Å². The second-order valence-electron chi connectivity index (χ2n) is 2.47. The van der Waals surface area contributed by atoms with Crippen LogP contribution >= 0.6 is 11.3 Å². The van der Waals surface area contributed by atoms with Gasteiger partial charge in [0.1, 0.15) is 0 Å². The van der Waals surface area contributed by atoms with Crippen molar-refractivity contribution in [1.29, 1.82) is 0 Å². The van der Waals surface area contributed by atoms with E-state index in [9.17, 15) is 4.39 Å². The molecule has 0 unspecified atom stereocenters. The van der Waals surface area contributed by atoms with E-state index in [1.165, 1.54) is 17.4 Å². The summed E-state index contributed by atoms with van der Waals surface area (Å²) in [4.78, 5) is 7.49. The lowest BCUT2D eigenvalue weighted by Gasteiger charge is -1.92. The van der Waals surface area contributed by atoms with Crippen molar-refractivity contribution in [3.63, 3.8) is 0 Å². The molecule has 0 saturated carbocycles. The number of fused-ring (bicyclic) bond motifs is 1. The first kappa shape index (κ1) is 7.42. The lowest BCUT2D eigenvalue weighted by molar-refractivity contribution is 0.587. The average molecular weight is 183 g/mol. The maximum Gasteiger partial charge on any atom is 0.215 e. The average Bonchev–Trinajstić information content (AvgIpc) is 2.29. The van der Waals surface area contributed by atoms with Crippen LogP contribution in [0.1, 0.15) is 5.56 Å². The highest BCUT2D eigenvalue weighted by atomic mass is 32.1. The number of pyridine rings is 1. The van der Waals surface area contributed by atoms with Crippen molar-refractivity contribution < 1.29 is 4.39 Å². The highest BCUT2D eigenvalue weighted by molar-refractivity contribution is 7.22. The predicted octanol–water partition coefficient (Wildman–Crippen LogP) is 1.72. The summed E-state index contributed by atoms with van der Waals surface area (Å²) in [7, 11) is 0. The molecule has 5 heteroatoms. The highest BCUT2D eigenvalue weighted by Gasteiger charge is 2.06. The summed E-state index contributed by atoms with van der Waals surface area (Å²) < 4.78 is 13.6. The van der Waals surface area contributed by atoms with Crippen LogP contribution in [0.2, 0.25) is 0 Å². The van der Waals surface area contributed by atoms with E-state index < -0.39 is 5.95 Å². The van der Waals surface area contributed by atoms with Gasteiger partial charge in [0.25, 0.3) is 0 Å². The van der Waals surface area contributed by atoms with Gasteiger partial charge in [-0.05, 0) is 18.6 Å². The van der Waals surface area contributed by atoms with Crippen LogP contribution in [0, 0.1) is 12.9 Å². The molecule has 0 bridgehead atoms. The topological polar surface area (TPSA) is 51.8 Å². The van der Waals surface area contributed by atoms with Crippen LogP contribution < -0.4 is 5.73 Å². The number of nitrogens with two attached hydrogens (primary N) is 1. The molecule has 0 fully saturated rings. The lowest BCUT2D eigenvalue weighted by Crippen LogP contribution is -1.86. The molecular weight excluding hydrogens is 177 g/mol. The van der Waals surface area contributed by atoms with E-state index in [0.717, 1.165) is 10.3 Å². The van der Waals surface area contributed by atoms with Gasteiger partial charge >= 0.3 is 0 Å². The van der Waals surface area contributed by atoms with Gasteiger partial charge in [-0.1, -0.05) is 11.3 Å². The number of anilines is 1. The minimum Gasteiger partial charge on any atom is -0.375 e. The Morgan fingerprint density at radius 1 is 1.50 bits per heavy atom. The van der Waals surface area contributed by atoms with Crippen molar-refractivity contribution in [1.82, 2.24) is 9.97 Å². The molecule has 0 aliphatic heterocycles. The van der Waals surface area contributed by atoms with Crippen LogP contribution in [0.25, 0.3) is 10.3 Å². The molecule has 0 aliphatic carbocycles. The van der Waals surface area contributed by atoms with E-state index in [-0.39, 0.29) is 0 Å². The van der Waals surface area contributed by atoms with Crippen LogP contribution in [0.5, 0.6) is 0 Å². The Morgan fingerprint density at radius 3 is 3.00 bits per heavy atom. The van der Waals surface area contributed by atoms with E-state index in [1.54, 1.807) is 0 Å². The monoisotopic (exact) mass is 183 g/mol. The molecular formula is C7H6FN3S. The first-order valence-corrected chi connectivity index (χ1v) is 4.17. The van der Waals surface area contributed by atoms with E-state index in [4.69, 9.17) is 5.73 Å². The number of rotatable bonds is 0. The van der Waals surface area contributed by atoms with Gasteiger partial charge in [-0.15, -0.1) is 0 Å². The molecule has 2 rings (SSSR count). The minimum absolute atomic E-state index is 0.398. The summed E-state index contributed by atoms with van der Waals surface area (Å²) in [5, 5.41) is 0.422. The predicted molar refractivity (Wildman–Crippen MR) is 46.5 cm³/mol. The number of nitrogen functional groups attached to an aromatic ring is 1. The van der Waals surface area contributed by atoms with Crippen molar-refractivity contribution in [2.75, 3.05) is 5.73 Å². The first-order valence-electron chi connectivity index (χ1n) is 3.36. The second-order valence-corrected chi connectivity index (χ2v) is 3.50. The number of hydrogen-bond acceptors (Lipinski definition) is 4. The first-order chi connectivity index (χ1) is 5.66. The Balaban J connectivity index is 2.88. The van der Waals surface area contributed by atoms with E-state index in [1.807, 2.05) is 6.92 Å². The quantitative estimate of drug-likeness (QED) is 0.633. The van der Waals surface area contributed by atoms with Gasteiger partial charge in [0, 0.05) is 0 Å². The largest absolute Gasteiger partial charge is 0.375 e. The third-order valence-electron chi connectivity index (χ3n) is 1.53. The number of nitrogens with zero attached hydrogens (tertiary/aromatic N) is 2. The zero-order valence-electron chi connectivity index (χ0n) is 6.34. The third-order valence-corrected chi connectivity index (χ3v) is 2.54. The summed E-state index contributed by atoms with van der Waals surface area (Å²) in [5.41, 5.74) is 6.68. The molecule has 2 heterocycles. The fourth-order valence-electron chi connectivity index (χ4n) is 1.04. The van der Waals surface area contributed by atoms with Crippen LogP contribution in [-0.4, -0.2) is 9.97 Å². The number of aromatic nitrogens is 2. The van der Waals surface area contributed by atoms with Crippen molar-refractivity contribution in [3.8, 4) is 0 Å². The summed E-state index contributed by atoms with van der Waals surface area (Å²) >= 11 is 1.32. The van der Waals surface area contributed by atoms with Crippen LogP contribution in [0.3, 0.4) is 0 Å². The Kier molecular flexibility index (Phi) is 1.47. The molecule has 0 spiro atoms. The number of halogens is 1. The van der Waals surface area contributed by atoms with Gasteiger partial charge in [-0.25, -0.2) is 4.98 Å². The number of hydrogen-bond donors (Lipinski definition) is 1. The van der Waals surface area contributed by atoms with Gasteiger partial charge in [0.15, 0.2) is 10.8 Å². The molecule has 0 atom stereocenters. The lowest BCUT2D eigenvalue weighted by atomic mass is 10.3. The molecule has 0 aliphatic rings. The maximum atomic E-state index is 12.7. The molecule has 0 radical (unpaired) electrons. The number of thiazole rings is 1.